The maximum atomic E-state index is 11.9. The van der Waals surface area contributed by atoms with Gasteiger partial charge in [0, 0.05) is 15.4 Å². The lowest BCUT2D eigenvalue weighted by Crippen LogP contribution is -2.38. The molecule has 1 aromatic carbocycles. The molecule has 0 aromatic heterocycles. The number of hydrogen-bond donors (Lipinski definition) is 1. The van der Waals surface area contributed by atoms with E-state index in [9.17, 15) is 4.79 Å². The van der Waals surface area contributed by atoms with Crippen molar-refractivity contribution in [1.29, 1.82) is 0 Å². The number of amides is 1. The Morgan fingerprint density at radius 2 is 2.00 bits per heavy atom. The zero-order valence-corrected chi connectivity index (χ0v) is 13.6. The van der Waals surface area contributed by atoms with Gasteiger partial charge in [-0.05, 0) is 59.7 Å². The van der Waals surface area contributed by atoms with Gasteiger partial charge in [0.1, 0.15) is 0 Å². The highest BCUT2D eigenvalue weighted by Crippen LogP contribution is 2.27. The molecule has 104 valence electrons. The van der Waals surface area contributed by atoms with E-state index < -0.39 is 0 Å². The van der Waals surface area contributed by atoms with Crippen LogP contribution in [0.5, 0.6) is 0 Å². The van der Waals surface area contributed by atoms with Gasteiger partial charge in [0.05, 0.1) is 5.75 Å². The SMILES string of the molecule is CC1CCC(NC(=O)CSc2ccccc2Br)CC1. The van der Waals surface area contributed by atoms with Crippen molar-refractivity contribution in [2.75, 3.05) is 5.75 Å². The Hall–Kier alpha value is -0.480. The Balaban J connectivity index is 1.74. The van der Waals surface area contributed by atoms with Crippen molar-refractivity contribution in [1.82, 2.24) is 5.32 Å². The molecule has 0 aliphatic heterocycles. The fourth-order valence-corrected chi connectivity index (χ4v) is 3.76. The van der Waals surface area contributed by atoms with E-state index in [-0.39, 0.29) is 5.91 Å². The number of carbonyl (C=O) groups excluding carboxylic acids is 1. The molecule has 0 saturated heterocycles. The summed E-state index contributed by atoms with van der Waals surface area (Å²) in [5, 5.41) is 3.15. The summed E-state index contributed by atoms with van der Waals surface area (Å²) in [6, 6.07) is 8.40. The minimum Gasteiger partial charge on any atom is -0.353 e. The lowest BCUT2D eigenvalue weighted by atomic mass is 9.87. The summed E-state index contributed by atoms with van der Waals surface area (Å²) in [5.74, 6) is 1.47. The second-order valence-electron chi connectivity index (χ2n) is 5.24. The van der Waals surface area contributed by atoms with Gasteiger partial charge in [-0.25, -0.2) is 0 Å². The molecule has 1 amide bonds. The van der Waals surface area contributed by atoms with Gasteiger partial charge in [-0.2, -0.15) is 0 Å². The van der Waals surface area contributed by atoms with Crippen LogP contribution in [0.2, 0.25) is 0 Å². The second kappa shape index (κ2) is 7.34. The lowest BCUT2D eigenvalue weighted by molar-refractivity contribution is -0.119. The molecule has 2 nitrogen and oxygen atoms in total. The van der Waals surface area contributed by atoms with Crippen LogP contribution in [0.3, 0.4) is 0 Å². The Morgan fingerprint density at radius 1 is 1.32 bits per heavy atom. The van der Waals surface area contributed by atoms with Gasteiger partial charge in [0.25, 0.3) is 0 Å². The van der Waals surface area contributed by atoms with Crippen LogP contribution in [0, 0.1) is 5.92 Å². The van der Waals surface area contributed by atoms with Crippen molar-refractivity contribution in [3.05, 3.63) is 28.7 Å². The monoisotopic (exact) mass is 341 g/mol. The zero-order chi connectivity index (χ0) is 13.7. The third-order valence-corrected chi connectivity index (χ3v) is 5.60. The first kappa shape index (κ1) is 14.9. The van der Waals surface area contributed by atoms with Crippen molar-refractivity contribution >= 4 is 33.6 Å². The highest BCUT2D eigenvalue weighted by molar-refractivity contribution is 9.10. The number of carbonyl (C=O) groups is 1. The van der Waals surface area contributed by atoms with E-state index in [0.717, 1.165) is 28.1 Å². The summed E-state index contributed by atoms with van der Waals surface area (Å²) in [6.07, 6.45) is 4.74. The number of rotatable bonds is 4. The second-order valence-corrected chi connectivity index (χ2v) is 7.11. The average molecular weight is 342 g/mol. The molecular formula is C15H20BrNOS. The molecule has 1 fully saturated rings. The quantitative estimate of drug-likeness (QED) is 0.830. The Morgan fingerprint density at radius 3 is 2.68 bits per heavy atom. The van der Waals surface area contributed by atoms with E-state index >= 15 is 0 Å². The molecule has 0 bridgehead atoms. The minimum atomic E-state index is 0.153. The van der Waals surface area contributed by atoms with E-state index in [4.69, 9.17) is 0 Å². The largest absolute Gasteiger partial charge is 0.353 e. The summed E-state index contributed by atoms with van der Waals surface area (Å²) in [5.41, 5.74) is 0. The van der Waals surface area contributed by atoms with Gasteiger partial charge in [-0.15, -0.1) is 11.8 Å². The molecule has 1 aliphatic rings. The third-order valence-electron chi connectivity index (χ3n) is 3.58. The lowest BCUT2D eigenvalue weighted by Gasteiger charge is -2.26. The van der Waals surface area contributed by atoms with Crippen molar-refractivity contribution in [3.8, 4) is 0 Å². The summed E-state index contributed by atoms with van der Waals surface area (Å²) < 4.78 is 1.05. The first-order valence-electron chi connectivity index (χ1n) is 6.82. The van der Waals surface area contributed by atoms with Gasteiger partial charge in [0.15, 0.2) is 0 Å². The van der Waals surface area contributed by atoms with Gasteiger partial charge in [-0.3, -0.25) is 4.79 Å². The molecule has 0 radical (unpaired) electrons. The molecule has 1 saturated carbocycles. The summed E-state index contributed by atoms with van der Waals surface area (Å²) in [7, 11) is 0. The Bertz CT molecular complexity index is 430. The maximum absolute atomic E-state index is 11.9. The van der Waals surface area contributed by atoms with Crippen molar-refractivity contribution < 1.29 is 4.79 Å². The van der Waals surface area contributed by atoms with E-state index in [0.29, 0.717) is 11.8 Å². The molecule has 2 rings (SSSR count). The molecule has 0 spiro atoms. The molecule has 0 unspecified atom stereocenters. The topological polar surface area (TPSA) is 29.1 Å². The summed E-state index contributed by atoms with van der Waals surface area (Å²) in [6.45, 7) is 2.29. The summed E-state index contributed by atoms with van der Waals surface area (Å²) >= 11 is 5.08. The predicted molar refractivity (Wildman–Crippen MR) is 84.4 cm³/mol. The van der Waals surface area contributed by atoms with Crippen LogP contribution in [0.4, 0.5) is 0 Å². The van der Waals surface area contributed by atoms with Crippen LogP contribution >= 0.6 is 27.7 Å². The molecule has 0 heterocycles. The van der Waals surface area contributed by atoms with Crippen molar-refractivity contribution in [2.45, 2.75) is 43.5 Å². The number of nitrogens with one attached hydrogen (secondary N) is 1. The number of halogens is 1. The molecule has 0 atom stereocenters. The van der Waals surface area contributed by atoms with Gasteiger partial charge < -0.3 is 5.32 Å². The van der Waals surface area contributed by atoms with Crippen LogP contribution in [0.25, 0.3) is 0 Å². The molecule has 19 heavy (non-hydrogen) atoms. The van der Waals surface area contributed by atoms with E-state index in [1.165, 1.54) is 12.8 Å². The van der Waals surface area contributed by atoms with Crippen LogP contribution in [0.1, 0.15) is 32.6 Å². The number of hydrogen-bond acceptors (Lipinski definition) is 2. The van der Waals surface area contributed by atoms with Crippen molar-refractivity contribution in [3.63, 3.8) is 0 Å². The fraction of sp³-hybridized carbons (Fsp3) is 0.533. The van der Waals surface area contributed by atoms with Crippen LogP contribution in [-0.2, 0) is 4.79 Å². The van der Waals surface area contributed by atoms with Crippen LogP contribution < -0.4 is 5.32 Å². The van der Waals surface area contributed by atoms with Gasteiger partial charge in [0.2, 0.25) is 5.91 Å². The van der Waals surface area contributed by atoms with E-state index in [1.807, 2.05) is 24.3 Å². The maximum Gasteiger partial charge on any atom is 0.230 e. The molecular weight excluding hydrogens is 322 g/mol. The van der Waals surface area contributed by atoms with Crippen molar-refractivity contribution in [2.24, 2.45) is 5.92 Å². The zero-order valence-electron chi connectivity index (χ0n) is 11.2. The molecule has 1 aliphatic carbocycles. The highest BCUT2D eigenvalue weighted by Gasteiger charge is 2.19. The minimum absolute atomic E-state index is 0.153. The summed E-state index contributed by atoms with van der Waals surface area (Å²) in [4.78, 5) is 13.1. The Labute approximate surface area is 127 Å². The third kappa shape index (κ3) is 4.84. The fourth-order valence-electron chi connectivity index (χ4n) is 2.38. The molecule has 1 N–H and O–H groups in total. The van der Waals surface area contributed by atoms with Gasteiger partial charge >= 0.3 is 0 Å². The first-order valence-corrected chi connectivity index (χ1v) is 8.59. The number of benzene rings is 1. The smallest absolute Gasteiger partial charge is 0.230 e. The van der Waals surface area contributed by atoms with Crippen LogP contribution in [-0.4, -0.2) is 17.7 Å². The van der Waals surface area contributed by atoms with E-state index in [2.05, 4.69) is 28.2 Å². The van der Waals surface area contributed by atoms with Crippen LogP contribution in [0.15, 0.2) is 33.6 Å². The standard InChI is InChI=1S/C15H20BrNOS/c1-11-6-8-12(9-7-11)17-15(18)10-19-14-5-3-2-4-13(14)16/h2-5,11-12H,6-10H2,1H3,(H,17,18). The molecule has 4 heteroatoms. The van der Waals surface area contributed by atoms with Gasteiger partial charge in [-0.1, -0.05) is 19.1 Å². The first-order chi connectivity index (χ1) is 9.15. The Kier molecular flexibility index (Phi) is 5.76. The van der Waals surface area contributed by atoms with E-state index in [1.54, 1.807) is 11.8 Å². The predicted octanol–water partition coefficient (Wildman–Crippen LogP) is 4.24. The molecule has 1 aromatic rings. The normalized spacial score (nSPS) is 23.1. The average Bonchev–Trinajstić information content (AvgIpc) is 2.40. The highest BCUT2D eigenvalue weighted by atomic mass is 79.9. The number of thioether (sulfide) groups is 1.